The van der Waals surface area contributed by atoms with Crippen molar-refractivity contribution < 1.29 is 4.79 Å². The van der Waals surface area contributed by atoms with Crippen LogP contribution in [0.4, 0.5) is 0 Å². The van der Waals surface area contributed by atoms with Gasteiger partial charge in [0.1, 0.15) is 0 Å². The van der Waals surface area contributed by atoms with Gasteiger partial charge in [0, 0.05) is 25.2 Å². The summed E-state index contributed by atoms with van der Waals surface area (Å²) in [4.78, 5) is 16.5. The molecule has 0 bridgehead atoms. The summed E-state index contributed by atoms with van der Waals surface area (Å²) >= 11 is 3.49. The fourth-order valence-corrected chi connectivity index (χ4v) is 2.33. The molecule has 0 aromatic carbocycles. The van der Waals surface area contributed by atoms with Crippen LogP contribution in [0.3, 0.4) is 0 Å². The zero-order valence-electron chi connectivity index (χ0n) is 10.9. The number of carbonyl (C=O) groups is 1. The third-order valence-electron chi connectivity index (χ3n) is 3.49. The lowest BCUT2D eigenvalue weighted by Gasteiger charge is -2.43. The lowest BCUT2D eigenvalue weighted by atomic mass is 10.1. The molecule has 16 heavy (non-hydrogen) atoms. The summed E-state index contributed by atoms with van der Waals surface area (Å²) in [5, 5.41) is 0. The van der Waals surface area contributed by atoms with Crippen molar-refractivity contribution in [2.75, 3.05) is 20.1 Å². The van der Waals surface area contributed by atoms with E-state index in [-0.39, 0.29) is 10.7 Å². The quantitative estimate of drug-likeness (QED) is 0.726. The maximum Gasteiger partial charge on any atom is 0.236 e. The van der Waals surface area contributed by atoms with Crippen LogP contribution in [-0.2, 0) is 4.79 Å². The highest BCUT2D eigenvalue weighted by Gasteiger charge is 2.32. The minimum Gasteiger partial charge on any atom is -0.339 e. The molecular formula is C12H23BrN2O. The molecule has 1 aliphatic rings. The van der Waals surface area contributed by atoms with Crippen LogP contribution >= 0.6 is 15.9 Å². The monoisotopic (exact) mass is 290 g/mol. The molecule has 0 radical (unpaired) electrons. The third kappa shape index (κ3) is 2.98. The molecule has 3 atom stereocenters. The Kier molecular flexibility index (Phi) is 4.80. The van der Waals surface area contributed by atoms with E-state index >= 15 is 0 Å². The summed E-state index contributed by atoms with van der Waals surface area (Å²) in [5.41, 5.74) is 0. The number of amides is 1. The summed E-state index contributed by atoms with van der Waals surface area (Å²) in [6.07, 6.45) is 0. The normalized spacial score (nSPS) is 29.6. The van der Waals surface area contributed by atoms with Crippen molar-refractivity contribution >= 4 is 21.8 Å². The van der Waals surface area contributed by atoms with Gasteiger partial charge in [0.15, 0.2) is 0 Å². The van der Waals surface area contributed by atoms with Crippen molar-refractivity contribution in [2.24, 2.45) is 5.92 Å². The second kappa shape index (κ2) is 5.50. The maximum atomic E-state index is 12.2. The van der Waals surface area contributed by atoms with E-state index in [0.717, 1.165) is 13.1 Å². The van der Waals surface area contributed by atoms with E-state index in [1.54, 1.807) is 0 Å². The molecule has 0 aliphatic carbocycles. The van der Waals surface area contributed by atoms with Crippen molar-refractivity contribution in [3.05, 3.63) is 0 Å². The lowest BCUT2D eigenvalue weighted by Crippen LogP contribution is -2.57. The Hall–Kier alpha value is -0.0900. The zero-order valence-corrected chi connectivity index (χ0v) is 12.5. The van der Waals surface area contributed by atoms with Gasteiger partial charge in [-0.15, -0.1) is 0 Å². The van der Waals surface area contributed by atoms with Crippen molar-refractivity contribution in [3.8, 4) is 0 Å². The second-order valence-corrected chi connectivity index (χ2v) is 6.24. The summed E-state index contributed by atoms with van der Waals surface area (Å²) in [5.74, 6) is 0.583. The molecule has 1 aliphatic heterocycles. The number of alkyl halides is 1. The van der Waals surface area contributed by atoms with Gasteiger partial charge in [-0.25, -0.2) is 0 Å². The zero-order chi connectivity index (χ0) is 12.5. The highest BCUT2D eigenvalue weighted by atomic mass is 79.9. The number of halogens is 1. The van der Waals surface area contributed by atoms with Gasteiger partial charge in [0.2, 0.25) is 5.91 Å². The van der Waals surface area contributed by atoms with Gasteiger partial charge in [-0.05, 0) is 26.8 Å². The molecule has 0 aromatic rings. The minimum absolute atomic E-state index is 0.0460. The van der Waals surface area contributed by atoms with Crippen molar-refractivity contribution in [1.82, 2.24) is 9.80 Å². The fourth-order valence-electron chi connectivity index (χ4n) is 2.04. The first kappa shape index (κ1) is 14.0. The van der Waals surface area contributed by atoms with Gasteiger partial charge < -0.3 is 4.90 Å². The molecule has 94 valence electrons. The van der Waals surface area contributed by atoms with E-state index in [0.29, 0.717) is 18.0 Å². The Morgan fingerprint density at radius 2 is 1.69 bits per heavy atom. The first-order valence-electron chi connectivity index (χ1n) is 5.99. The van der Waals surface area contributed by atoms with E-state index < -0.39 is 0 Å². The van der Waals surface area contributed by atoms with Crippen LogP contribution in [0.5, 0.6) is 0 Å². The predicted octanol–water partition coefficient (Wildman–Crippen LogP) is 1.96. The first-order valence-corrected chi connectivity index (χ1v) is 6.91. The Bertz CT molecular complexity index is 245. The molecule has 0 spiro atoms. The molecule has 1 rings (SSSR count). The van der Waals surface area contributed by atoms with E-state index in [1.165, 1.54) is 0 Å². The smallest absolute Gasteiger partial charge is 0.236 e. The van der Waals surface area contributed by atoms with Crippen LogP contribution in [0.2, 0.25) is 0 Å². The highest BCUT2D eigenvalue weighted by molar-refractivity contribution is 9.10. The molecule has 1 heterocycles. The van der Waals surface area contributed by atoms with Crippen LogP contribution in [0.25, 0.3) is 0 Å². The van der Waals surface area contributed by atoms with Crippen LogP contribution in [0.1, 0.15) is 27.7 Å². The summed E-state index contributed by atoms with van der Waals surface area (Å²) < 4.78 is 0. The van der Waals surface area contributed by atoms with E-state index in [2.05, 4.69) is 55.6 Å². The Labute approximate surface area is 107 Å². The molecule has 0 saturated carbocycles. The molecule has 3 nitrogen and oxygen atoms in total. The number of hydrogen-bond acceptors (Lipinski definition) is 2. The maximum absolute atomic E-state index is 12.2. The van der Waals surface area contributed by atoms with Gasteiger partial charge in [-0.2, -0.15) is 0 Å². The number of nitrogens with zero attached hydrogens (tertiary/aromatic N) is 2. The largest absolute Gasteiger partial charge is 0.339 e. The Balaban J connectivity index is 2.65. The van der Waals surface area contributed by atoms with Crippen molar-refractivity contribution in [2.45, 2.75) is 44.6 Å². The predicted molar refractivity (Wildman–Crippen MR) is 70.8 cm³/mol. The number of likely N-dealkylation sites (N-methyl/N-ethyl adjacent to an activating group) is 1. The Morgan fingerprint density at radius 1 is 1.25 bits per heavy atom. The van der Waals surface area contributed by atoms with Crippen molar-refractivity contribution in [1.29, 1.82) is 0 Å². The summed E-state index contributed by atoms with van der Waals surface area (Å²) in [6.45, 7) is 10.2. The van der Waals surface area contributed by atoms with Crippen LogP contribution in [0, 0.1) is 5.92 Å². The van der Waals surface area contributed by atoms with Crippen LogP contribution < -0.4 is 0 Å². The average Bonchev–Trinajstić information content (AvgIpc) is 2.22. The number of carbonyl (C=O) groups excluding carboxylic acids is 1. The molecule has 3 unspecified atom stereocenters. The molecular weight excluding hydrogens is 268 g/mol. The first-order chi connectivity index (χ1) is 7.34. The Morgan fingerprint density at radius 3 is 2.06 bits per heavy atom. The minimum atomic E-state index is -0.0460. The van der Waals surface area contributed by atoms with Crippen LogP contribution in [-0.4, -0.2) is 52.8 Å². The second-order valence-electron chi connectivity index (χ2n) is 5.25. The fraction of sp³-hybridized carbons (Fsp3) is 0.917. The molecule has 1 saturated heterocycles. The standard InChI is InChI=1S/C12H23BrN2O/c1-8(2)11(13)12(16)15-6-9(3)14(5)10(4)7-15/h8-11H,6-7H2,1-5H3. The molecule has 4 heteroatoms. The SMILES string of the molecule is CC(C)C(Br)C(=O)N1CC(C)N(C)C(C)C1. The lowest BCUT2D eigenvalue weighted by molar-refractivity contribution is -0.135. The van der Waals surface area contributed by atoms with Gasteiger partial charge >= 0.3 is 0 Å². The number of rotatable bonds is 2. The van der Waals surface area contributed by atoms with Gasteiger partial charge in [-0.1, -0.05) is 29.8 Å². The van der Waals surface area contributed by atoms with E-state index in [4.69, 9.17) is 0 Å². The number of hydrogen-bond donors (Lipinski definition) is 0. The molecule has 0 aromatic heterocycles. The topological polar surface area (TPSA) is 23.6 Å². The molecule has 1 fully saturated rings. The molecule has 0 N–H and O–H groups in total. The highest BCUT2D eigenvalue weighted by Crippen LogP contribution is 2.19. The average molecular weight is 291 g/mol. The molecule has 1 amide bonds. The van der Waals surface area contributed by atoms with Gasteiger partial charge in [0.25, 0.3) is 0 Å². The van der Waals surface area contributed by atoms with Gasteiger partial charge in [0.05, 0.1) is 4.83 Å². The van der Waals surface area contributed by atoms with Gasteiger partial charge in [-0.3, -0.25) is 9.69 Å². The van der Waals surface area contributed by atoms with Crippen molar-refractivity contribution in [3.63, 3.8) is 0 Å². The van der Waals surface area contributed by atoms with E-state index in [9.17, 15) is 4.79 Å². The summed E-state index contributed by atoms with van der Waals surface area (Å²) in [7, 11) is 2.13. The van der Waals surface area contributed by atoms with Crippen LogP contribution in [0.15, 0.2) is 0 Å². The number of piperazine rings is 1. The third-order valence-corrected chi connectivity index (χ3v) is 4.94. The summed E-state index contributed by atoms with van der Waals surface area (Å²) in [6, 6.07) is 0.888. The van der Waals surface area contributed by atoms with E-state index in [1.807, 2.05) is 4.90 Å².